The average molecular weight is 430 g/mol. The topological polar surface area (TPSA) is 98.9 Å². The van der Waals surface area contributed by atoms with E-state index in [0.29, 0.717) is 6.42 Å². The molecule has 3 heterocycles. The van der Waals surface area contributed by atoms with Gasteiger partial charge < -0.3 is 0 Å². The molecule has 0 atom stereocenters. The summed E-state index contributed by atoms with van der Waals surface area (Å²) in [4.78, 5) is 16.7. The number of hydrogen-bond acceptors (Lipinski definition) is 5. The first-order valence-corrected chi connectivity index (χ1v) is 11.6. The molecule has 0 saturated carbocycles. The molecule has 0 aliphatic rings. The normalized spacial score (nSPS) is 12.1. The number of aryl methyl sites for hydroxylation is 3. The highest BCUT2D eigenvalue weighted by molar-refractivity contribution is 7.90. The van der Waals surface area contributed by atoms with Crippen LogP contribution in [0.1, 0.15) is 43.0 Å². The lowest BCUT2D eigenvalue weighted by Crippen LogP contribution is -2.31. The van der Waals surface area contributed by atoms with Crippen molar-refractivity contribution in [3.63, 3.8) is 0 Å². The molecule has 0 spiro atoms. The number of nitrogens with zero attached hydrogens (tertiary/aromatic N) is 4. The van der Waals surface area contributed by atoms with Crippen molar-refractivity contribution in [3.8, 4) is 5.82 Å². The number of rotatable bonds is 8. The van der Waals surface area contributed by atoms with Gasteiger partial charge in [0.15, 0.2) is 0 Å². The van der Waals surface area contributed by atoms with Crippen molar-refractivity contribution in [2.45, 2.75) is 40.0 Å². The number of unbranched alkanes of at least 4 members (excludes halogenated alkanes) is 2. The zero-order chi connectivity index (χ0) is 21.9. The summed E-state index contributed by atoms with van der Waals surface area (Å²) in [6.45, 7) is 5.84. The maximum atomic E-state index is 12.2. The highest BCUT2D eigenvalue weighted by Gasteiger charge is 2.18. The van der Waals surface area contributed by atoms with Crippen LogP contribution in [0.2, 0.25) is 0 Å². The molecular formula is C21H27N5O3S. The quantitative estimate of drug-likeness (QED) is 0.438. The van der Waals surface area contributed by atoms with Crippen LogP contribution in [0, 0.1) is 13.8 Å². The number of sulfonamides is 1. The van der Waals surface area contributed by atoms with Crippen molar-refractivity contribution in [3.05, 3.63) is 47.4 Å². The zero-order valence-corrected chi connectivity index (χ0v) is 18.5. The Hall–Kier alpha value is -2.94. The number of hydrogen-bond donors (Lipinski definition) is 1. The van der Waals surface area contributed by atoms with E-state index in [2.05, 4.69) is 14.8 Å². The van der Waals surface area contributed by atoms with E-state index in [1.54, 1.807) is 17.0 Å². The maximum Gasteiger partial charge on any atom is 0.257 e. The second kappa shape index (κ2) is 8.83. The van der Waals surface area contributed by atoms with Crippen LogP contribution in [-0.2, 0) is 21.9 Å². The molecule has 0 fully saturated rings. The number of amides is 1. The summed E-state index contributed by atoms with van der Waals surface area (Å²) in [5, 5.41) is 5.50. The second-order valence-electron chi connectivity index (χ2n) is 7.33. The van der Waals surface area contributed by atoms with Gasteiger partial charge in [-0.2, -0.15) is 5.10 Å². The summed E-state index contributed by atoms with van der Waals surface area (Å²) in [7, 11) is -1.82. The van der Waals surface area contributed by atoms with E-state index in [1.165, 1.54) is 6.08 Å². The van der Waals surface area contributed by atoms with Gasteiger partial charge in [-0.15, -0.1) is 0 Å². The van der Waals surface area contributed by atoms with E-state index in [0.717, 1.165) is 46.5 Å². The van der Waals surface area contributed by atoms with Crippen molar-refractivity contribution in [1.29, 1.82) is 0 Å². The number of carbonyl (C=O) groups excluding carboxylic acids is 1. The Balaban J connectivity index is 1.90. The third-order valence-electron chi connectivity index (χ3n) is 4.90. The Labute approximate surface area is 176 Å². The van der Waals surface area contributed by atoms with Gasteiger partial charge in [0.1, 0.15) is 11.5 Å². The molecule has 0 saturated heterocycles. The first-order valence-electron chi connectivity index (χ1n) is 9.92. The molecule has 0 radical (unpaired) electrons. The number of nitrogens with one attached hydrogen (secondary N) is 1. The molecule has 3 aromatic rings. The molecule has 9 heteroatoms. The van der Waals surface area contributed by atoms with Crippen molar-refractivity contribution in [2.24, 2.45) is 7.05 Å². The Bertz CT molecular complexity index is 1200. The molecule has 0 aliphatic heterocycles. The summed E-state index contributed by atoms with van der Waals surface area (Å²) in [5.41, 5.74) is 3.30. The Kier molecular flexibility index (Phi) is 6.40. The van der Waals surface area contributed by atoms with E-state index in [4.69, 9.17) is 0 Å². The maximum absolute atomic E-state index is 12.2. The largest absolute Gasteiger partial charge is 0.285 e. The SMILES string of the molecule is CCCCCS(=O)(=O)NC(=O)C=Cc1c(C)nn(C)c1-n1cc(C)c2cccnc21. The molecule has 3 aromatic heterocycles. The van der Waals surface area contributed by atoms with E-state index in [9.17, 15) is 13.2 Å². The number of aromatic nitrogens is 4. The third-order valence-corrected chi connectivity index (χ3v) is 6.24. The van der Waals surface area contributed by atoms with Crippen molar-refractivity contribution < 1.29 is 13.2 Å². The summed E-state index contributed by atoms with van der Waals surface area (Å²) < 4.78 is 29.8. The van der Waals surface area contributed by atoms with Crippen molar-refractivity contribution in [1.82, 2.24) is 24.1 Å². The lowest BCUT2D eigenvalue weighted by molar-refractivity contribution is -0.114. The van der Waals surface area contributed by atoms with Crippen LogP contribution in [0.5, 0.6) is 0 Å². The van der Waals surface area contributed by atoms with Crippen LogP contribution in [-0.4, -0.2) is 39.4 Å². The lowest BCUT2D eigenvalue weighted by atomic mass is 10.2. The van der Waals surface area contributed by atoms with Crippen LogP contribution >= 0.6 is 0 Å². The molecule has 0 bridgehead atoms. The van der Waals surface area contributed by atoms with Crippen LogP contribution in [0.15, 0.2) is 30.6 Å². The molecule has 3 rings (SSSR count). The summed E-state index contributed by atoms with van der Waals surface area (Å²) in [6, 6.07) is 3.89. The molecule has 0 aromatic carbocycles. The van der Waals surface area contributed by atoms with Crippen molar-refractivity contribution >= 4 is 33.0 Å². The first-order chi connectivity index (χ1) is 14.2. The Morgan fingerprint density at radius 3 is 2.77 bits per heavy atom. The van der Waals surface area contributed by atoms with Gasteiger partial charge in [0, 0.05) is 36.5 Å². The first kappa shape index (κ1) is 21.8. The van der Waals surface area contributed by atoms with Crippen LogP contribution in [0.4, 0.5) is 0 Å². The van der Waals surface area contributed by atoms with E-state index in [-0.39, 0.29) is 5.75 Å². The van der Waals surface area contributed by atoms with Gasteiger partial charge in [-0.05, 0) is 44.0 Å². The summed E-state index contributed by atoms with van der Waals surface area (Å²) in [5.74, 6) is 0.0178. The van der Waals surface area contributed by atoms with Gasteiger partial charge >= 0.3 is 0 Å². The predicted molar refractivity (Wildman–Crippen MR) is 118 cm³/mol. The monoisotopic (exact) mass is 429 g/mol. The molecule has 0 unspecified atom stereocenters. The minimum Gasteiger partial charge on any atom is -0.285 e. The van der Waals surface area contributed by atoms with Crippen LogP contribution < -0.4 is 4.72 Å². The summed E-state index contributed by atoms with van der Waals surface area (Å²) in [6.07, 6.45) is 8.78. The average Bonchev–Trinajstić information content (AvgIpc) is 3.15. The molecular weight excluding hydrogens is 402 g/mol. The smallest absolute Gasteiger partial charge is 0.257 e. The molecule has 0 aliphatic carbocycles. The number of carbonyl (C=O) groups is 1. The Morgan fingerprint density at radius 1 is 1.27 bits per heavy atom. The van der Waals surface area contributed by atoms with Crippen LogP contribution in [0.3, 0.4) is 0 Å². The van der Waals surface area contributed by atoms with Gasteiger partial charge in [0.25, 0.3) is 5.91 Å². The standard InChI is InChI=1S/C21H27N5O3S/c1-5-6-7-13-30(28,29)24-19(27)11-10-18-16(3)23-25(4)21(18)26-14-15(2)17-9-8-12-22-20(17)26/h8-12,14H,5-7,13H2,1-4H3,(H,24,27). The predicted octanol–water partition coefficient (Wildman–Crippen LogP) is 3.03. The minimum atomic E-state index is -3.64. The number of fused-ring (bicyclic) bond motifs is 1. The van der Waals surface area contributed by atoms with Crippen molar-refractivity contribution in [2.75, 3.05) is 5.75 Å². The molecule has 1 N–H and O–H groups in total. The Morgan fingerprint density at radius 2 is 2.03 bits per heavy atom. The molecule has 160 valence electrons. The fourth-order valence-electron chi connectivity index (χ4n) is 3.47. The minimum absolute atomic E-state index is 0.0576. The fraction of sp³-hybridized carbons (Fsp3) is 0.381. The second-order valence-corrected chi connectivity index (χ2v) is 9.17. The molecule has 30 heavy (non-hydrogen) atoms. The van der Waals surface area contributed by atoms with Gasteiger partial charge in [0.2, 0.25) is 10.0 Å². The molecule has 1 amide bonds. The van der Waals surface area contributed by atoms with Gasteiger partial charge in [-0.3, -0.25) is 14.0 Å². The molecule has 8 nitrogen and oxygen atoms in total. The van der Waals surface area contributed by atoms with E-state index in [1.807, 2.05) is 50.7 Å². The van der Waals surface area contributed by atoms with E-state index >= 15 is 0 Å². The zero-order valence-electron chi connectivity index (χ0n) is 17.7. The fourth-order valence-corrected chi connectivity index (χ4v) is 4.53. The van der Waals surface area contributed by atoms with Gasteiger partial charge in [-0.1, -0.05) is 19.8 Å². The highest BCUT2D eigenvalue weighted by Crippen LogP contribution is 2.26. The third kappa shape index (κ3) is 4.62. The lowest BCUT2D eigenvalue weighted by Gasteiger charge is -2.07. The van der Waals surface area contributed by atoms with E-state index < -0.39 is 15.9 Å². The van der Waals surface area contributed by atoms with Crippen LogP contribution in [0.25, 0.3) is 22.9 Å². The van der Waals surface area contributed by atoms with Gasteiger partial charge in [-0.25, -0.2) is 18.1 Å². The number of pyridine rings is 1. The van der Waals surface area contributed by atoms with Gasteiger partial charge in [0.05, 0.1) is 11.4 Å². The highest BCUT2D eigenvalue weighted by atomic mass is 32.2. The summed E-state index contributed by atoms with van der Waals surface area (Å²) >= 11 is 0.